The maximum atomic E-state index is 5.49. The van der Waals surface area contributed by atoms with E-state index in [1.54, 1.807) is 4.68 Å². The molecule has 0 saturated heterocycles. The number of aryl methyl sites for hydroxylation is 1. The predicted octanol–water partition coefficient (Wildman–Crippen LogP) is 2.38. The average molecular weight is 305 g/mol. The highest BCUT2D eigenvalue weighted by Gasteiger charge is 2.02. The van der Waals surface area contributed by atoms with Crippen LogP contribution in [0.25, 0.3) is 11.3 Å². The number of hydrogen-bond acceptors (Lipinski definition) is 4. The van der Waals surface area contributed by atoms with Crippen LogP contribution in [0.2, 0.25) is 0 Å². The Morgan fingerprint density at radius 1 is 1.04 bits per heavy atom. The van der Waals surface area contributed by atoms with Crippen LogP contribution in [0.15, 0.2) is 72.0 Å². The highest BCUT2D eigenvalue weighted by Crippen LogP contribution is 2.15. The molecule has 0 atom stereocenters. The van der Waals surface area contributed by atoms with E-state index in [9.17, 15) is 0 Å². The van der Waals surface area contributed by atoms with E-state index in [1.165, 1.54) is 11.1 Å². The number of rotatable bonds is 4. The van der Waals surface area contributed by atoms with Gasteiger partial charge in [0.25, 0.3) is 5.62 Å². The molecular formula is C18H19N5. The van der Waals surface area contributed by atoms with Gasteiger partial charge in [-0.15, -0.1) is 5.10 Å². The summed E-state index contributed by atoms with van der Waals surface area (Å²) < 4.78 is 1.73. The summed E-state index contributed by atoms with van der Waals surface area (Å²) in [4.78, 5) is 4.51. The predicted molar refractivity (Wildman–Crippen MR) is 91.7 cm³/mol. The second-order valence-electron chi connectivity index (χ2n) is 5.30. The van der Waals surface area contributed by atoms with E-state index in [2.05, 4.69) is 46.7 Å². The molecule has 0 unspecified atom stereocenters. The molecule has 2 aromatic carbocycles. The molecule has 5 heteroatoms. The van der Waals surface area contributed by atoms with Gasteiger partial charge in [0.2, 0.25) is 0 Å². The molecule has 1 heterocycles. The van der Waals surface area contributed by atoms with E-state index in [4.69, 9.17) is 5.84 Å². The Balaban J connectivity index is 1.84. The van der Waals surface area contributed by atoms with Crippen molar-refractivity contribution >= 4 is 0 Å². The molecule has 0 aliphatic carbocycles. The molecule has 0 fully saturated rings. The Kier molecular flexibility index (Phi) is 4.38. The highest BCUT2D eigenvalue weighted by molar-refractivity contribution is 5.58. The van der Waals surface area contributed by atoms with Gasteiger partial charge in [0.05, 0.1) is 12.2 Å². The van der Waals surface area contributed by atoms with E-state index in [1.807, 2.05) is 42.6 Å². The number of benzene rings is 2. The number of nitrogens with zero attached hydrogens (tertiary/aromatic N) is 3. The topological polar surface area (TPSA) is 68.2 Å². The summed E-state index contributed by atoms with van der Waals surface area (Å²) in [5, 5.41) is 3.78. The van der Waals surface area contributed by atoms with Crippen LogP contribution in [0.3, 0.4) is 0 Å². The molecule has 0 bridgehead atoms. The van der Waals surface area contributed by atoms with Crippen LogP contribution in [0, 0.1) is 6.92 Å². The first kappa shape index (κ1) is 14.8. The van der Waals surface area contributed by atoms with Crippen LogP contribution in [-0.2, 0) is 6.54 Å². The molecule has 116 valence electrons. The molecular weight excluding hydrogens is 286 g/mol. The second kappa shape index (κ2) is 6.79. The fraction of sp³-hybridized carbons (Fsp3) is 0.111. The van der Waals surface area contributed by atoms with Gasteiger partial charge in [-0.2, -0.15) is 0 Å². The maximum absolute atomic E-state index is 5.49. The minimum absolute atomic E-state index is 0.430. The van der Waals surface area contributed by atoms with E-state index in [-0.39, 0.29) is 0 Å². The molecule has 0 radical (unpaired) electrons. The monoisotopic (exact) mass is 305 g/mol. The number of nitrogens with two attached hydrogens (primary N) is 1. The van der Waals surface area contributed by atoms with Gasteiger partial charge in [-0.25, -0.2) is 9.66 Å². The first-order valence-electron chi connectivity index (χ1n) is 7.45. The van der Waals surface area contributed by atoms with Crippen molar-refractivity contribution in [2.75, 3.05) is 5.43 Å². The zero-order chi connectivity index (χ0) is 16.1. The average Bonchev–Trinajstić information content (AvgIpc) is 2.61. The standard InChI is InChI=1S/C18H19N5/c1-14-7-9-16(10-8-14)17-11-12-23(18(21-17)22-19)20-13-15-5-3-2-4-6-15/h2-12,20H,13,19H2,1H3/b22-18-. The van der Waals surface area contributed by atoms with Crippen molar-refractivity contribution in [3.8, 4) is 11.3 Å². The third-order valence-corrected chi connectivity index (χ3v) is 3.58. The van der Waals surface area contributed by atoms with Gasteiger partial charge in [0.1, 0.15) is 0 Å². The molecule has 3 rings (SSSR count). The van der Waals surface area contributed by atoms with Gasteiger partial charge in [-0.1, -0.05) is 60.2 Å². The molecule has 3 aromatic rings. The molecule has 0 aliphatic rings. The largest absolute Gasteiger partial charge is 0.320 e. The van der Waals surface area contributed by atoms with Crippen LogP contribution in [0.4, 0.5) is 0 Å². The van der Waals surface area contributed by atoms with Gasteiger partial charge in [-0.05, 0) is 18.6 Å². The third-order valence-electron chi connectivity index (χ3n) is 3.58. The maximum Gasteiger partial charge on any atom is 0.265 e. The summed E-state index contributed by atoms with van der Waals surface area (Å²) in [7, 11) is 0. The van der Waals surface area contributed by atoms with Crippen molar-refractivity contribution in [1.82, 2.24) is 9.66 Å². The lowest BCUT2D eigenvalue weighted by molar-refractivity contribution is 0.736. The van der Waals surface area contributed by atoms with Gasteiger partial charge >= 0.3 is 0 Å². The van der Waals surface area contributed by atoms with E-state index in [0.717, 1.165) is 11.3 Å². The first-order chi connectivity index (χ1) is 11.3. The van der Waals surface area contributed by atoms with Crippen LogP contribution in [-0.4, -0.2) is 9.66 Å². The van der Waals surface area contributed by atoms with Crippen molar-refractivity contribution < 1.29 is 0 Å². The van der Waals surface area contributed by atoms with Crippen molar-refractivity contribution in [3.63, 3.8) is 0 Å². The Labute approximate surface area is 135 Å². The van der Waals surface area contributed by atoms with Crippen molar-refractivity contribution in [2.45, 2.75) is 13.5 Å². The smallest absolute Gasteiger partial charge is 0.265 e. The fourth-order valence-electron chi connectivity index (χ4n) is 2.28. The fourth-order valence-corrected chi connectivity index (χ4v) is 2.28. The zero-order valence-corrected chi connectivity index (χ0v) is 13.0. The number of hydrogen-bond donors (Lipinski definition) is 2. The zero-order valence-electron chi connectivity index (χ0n) is 13.0. The highest BCUT2D eigenvalue weighted by atomic mass is 15.4. The lowest BCUT2D eigenvalue weighted by Gasteiger charge is -2.11. The van der Waals surface area contributed by atoms with Crippen molar-refractivity contribution in [1.29, 1.82) is 0 Å². The van der Waals surface area contributed by atoms with Crippen LogP contribution in [0.1, 0.15) is 11.1 Å². The summed E-state index contributed by atoms with van der Waals surface area (Å²) in [5.74, 6) is 5.49. The van der Waals surface area contributed by atoms with Gasteiger partial charge < -0.3 is 11.3 Å². The molecule has 5 nitrogen and oxygen atoms in total. The third kappa shape index (κ3) is 3.58. The lowest BCUT2D eigenvalue weighted by Crippen LogP contribution is -2.32. The Hall–Kier alpha value is -3.08. The number of aromatic nitrogens is 2. The number of nitrogens with one attached hydrogen (secondary N) is 1. The van der Waals surface area contributed by atoms with Crippen LogP contribution >= 0.6 is 0 Å². The summed E-state index contributed by atoms with van der Waals surface area (Å²) in [5.41, 5.74) is 7.94. The first-order valence-corrected chi connectivity index (χ1v) is 7.45. The molecule has 0 spiro atoms. The summed E-state index contributed by atoms with van der Waals surface area (Å²) in [6.07, 6.45) is 1.89. The minimum atomic E-state index is 0.430. The molecule has 3 N–H and O–H groups in total. The van der Waals surface area contributed by atoms with Gasteiger partial charge in [-0.3, -0.25) is 0 Å². The molecule has 23 heavy (non-hydrogen) atoms. The quantitative estimate of drug-likeness (QED) is 0.574. The summed E-state index contributed by atoms with van der Waals surface area (Å²) >= 11 is 0. The Morgan fingerprint density at radius 2 is 1.78 bits per heavy atom. The van der Waals surface area contributed by atoms with E-state index in [0.29, 0.717) is 12.2 Å². The van der Waals surface area contributed by atoms with Gasteiger partial charge in [0, 0.05) is 11.8 Å². The van der Waals surface area contributed by atoms with Crippen LogP contribution in [0.5, 0.6) is 0 Å². The SMILES string of the molecule is Cc1ccc(-c2ccn(NCc3ccccc3)/c(=N\N)n2)cc1. The molecule has 1 aromatic heterocycles. The van der Waals surface area contributed by atoms with E-state index >= 15 is 0 Å². The Morgan fingerprint density at radius 3 is 2.48 bits per heavy atom. The summed E-state index contributed by atoms with van der Waals surface area (Å²) in [6.45, 7) is 2.73. The molecule has 0 aliphatic heterocycles. The minimum Gasteiger partial charge on any atom is -0.320 e. The summed E-state index contributed by atoms with van der Waals surface area (Å²) in [6, 6.07) is 20.3. The van der Waals surface area contributed by atoms with E-state index < -0.39 is 0 Å². The van der Waals surface area contributed by atoms with Crippen LogP contribution < -0.4 is 16.9 Å². The van der Waals surface area contributed by atoms with Gasteiger partial charge in [0.15, 0.2) is 0 Å². The Bertz CT molecular complexity index is 835. The second-order valence-corrected chi connectivity index (χ2v) is 5.30. The molecule has 0 saturated carbocycles. The normalized spacial score (nSPS) is 11.4. The van der Waals surface area contributed by atoms with Crippen molar-refractivity contribution in [2.24, 2.45) is 10.9 Å². The lowest BCUT2D eigenvalue weighted by atomic mass is 10.1. The van der Waals surface area contributed by atoms with Crippen molar-refractivity contribution in [3.05, 3.63) is 83.6 Å². The molecule has 0 amide bonds.